The topological polar surface area (TPSA) is 91.0 Å². The number of nitriles is 2. The van der Waals surface area contributed by atoms with E-state index in [4.69, 9.17) is 18.9 Å². The molecule has 11 aromatic rings. The van der Waals surface area contributed by atoms with Crippen LogP contribution in [0.25, 0.3) is 20.2 Å². The predicted molar refractivity (Wildman–Crippen MR) is 303 cm³/mol. The maximum Gasteiger partial charge on any atom is 0.256 e. The zero-order valence-electron chi connectivity index (χ0n) is 39.3. The normalized spacial score (nSPS) is 14.6. The molecule has 338 valence electrons. The van der Waals surface area contributed by atoms with Crippen LogP contribution in [0.15, 0.2) is 170 Å². The van der Waals surface area contributed by atoms with Crippen molar-refractivity contribution in [3.05, 3.63) is 181 Å². The molecular formula is C62H28B4N4O4S. The zero-order valence-corrected chi connectivity index (χ0v) is 40.1. The van der Waals surface area contributed by atoms with E-state index in [1.807, 2.05) is 24.3 Å². The van der Waals surface area contributed by atoms with Gasteiger partial charge in [-0.1, -0.05) is 121 Å². The molecule has 0 N–H and O–H groups in total. The van der Waals surface area contributed by atoms with Gasteiger partial charge in [-0.15, -0.1) is 11.3 Å². The van der Waals surface area contributed by atoms with Crippen LogP contribution in [0, 0.1) is 22.7 Å². The summed E-state index contributed by atoms with van der Waals surface area (Å²) in [7, 11) is 0. The highest BCUT2D eigenvalue weighted by Crippen LogP contribution is 2.51. The van der Waals surface area contributed by atoms with Gasteiger partial charge < -0.3 is 28.7 Å². The van der Waals surface area contributed by atoms with Crippen molar-refractivity contribution in [2.75, 3.05) is 9.80 Å². The summed E-state index contributed by atoms with van der Waals surface area (Å²) < 4.78 is 30.2. The average Bonchev–Trinajstić information content (AvgIpc) is 3.83. The third-order valence-corrected chi connectivity index (χ3v) is 18.5. The van der Waals surface area contributed by atoms with E-state index in [1.54, 1.807) is 11.3 Å². The molecule has 0 unspecified atom stereocenters. The summed E-state index contributed by atoms with van der Waals surface area (Å²) in [6, 6.07) is 65.5. The van der Waals surface area contributed by atoms with Crippen molar-refractivity contribution in [1.29, 1.82) is 10.5 Å². The van der Waals surface area contributed by atoms with Gasteiger partial charge in [-0.25, -0.2) is 0 Å². The molecule has 0 atom stereocenters. The molecule has 0 radical (unpaired) electrons. The highest BCUT2D eigenvalue weighted by Gasteiger charge is 2.54. The molecule has 1 aromatic heterocycles. The fourth-order valence-corrected chi connectivity index (χ4v) is 15.7. The highest BCUT2D eigenvalue weighted by atomic mass is 32.1. The first kappa shape index (κ1) is 39.0. The minimum atomic E-state index is -0.248. The van der Waals surface area contributed by atoms with E-state index in [9.17, 15) is 10.5 Å². The first-order valence-electron chi connectivity index (χ1n) is 25.3. The minimum Gasteiger partial charge on any atom is -0.457 e. The van der Waals surface area contributed by atoms with Crippen LogP contribution in [0.1, 0.15) is 11.1 Å². The number of para-hydroxylation sites is 6. The first-order chi connectivity index (χ1) is 37.1. The van der Waals surface area contributed by atoms with E-state index in [0.29, 0.717) is 34.1 Å². The van der Waals surface area contributed by atoms with E-state index in [-0.39, 0.29) is 26.9 Å². The molecule has 8 nitrogen and oxygen atoms in total. The minimum absolute atomic E-state index is 0.149. The van der Waals surface area contributed by atoms with E-state index >= 15 is 0 Å². The van der Waals surface area contributed by atoms with Crippen LogP contribution in [0.4, 0.5) is 34.1 Å². The van der Waals surface area contributed by atoms with Crippen LogP contribution in [-0.2, 0) is 0 Å². The molecule has 0 aliphatic carbocycles. The first-order valence-corrected chi connectivity index (χ1v) is 26.1. The second-order valence-electron chi connectivity index (χ2n) is 20.6. The molecular weight excluding hydrogens is 940 g/mol. The van der Waals surface area contributed by atoms with Crippen molar-refractivity contribution in [2.24, 2.45) is 0 Å². The summed E-state index contributed by atoms with van der Waals surface area (Å²) in [5.74, 6) is 5.14. The number of thiophene rings is 1. The predicted octanol–water partition coefficient (Wildman–Crippen LogP) is 6.48. The van der Waals surface area contributed by atoms with Gasteiger partial charge in [0.25, 0.3) is 26.9 Å². The second kappa shape index (κ2) is 13.3. The SMILES string of the molecule is N#Cc1c2c3c4c5c1Oc1cc6sc7cc8c(cc7c6cc1B5c1ccccc1N4c1ccccc1B3c1ccccc1O2)B1c2ccccc2N2c3ccccc3B3c4ccccc4Oc4c(C#N)c(c1c2c43)O8. The number of benzene rings is 10. The van der Waals surface area contributed by atoms with Gasteiger partial charge >= 0.3 is 0 Å². The molecule has 13 heteroatoms. The van der Waals surface area contributed by atoms with E-state index in [2.05, 4.69) is 168 Å². The Kier molecular flexibility index (Phi) is 6.95. The van der Waals surface area contributed by atoms with Crippen molar-refractivity contribution in [3.8, 4) is 58.1 Å². The lowest BCUT2D eigenvalue weighted by Gasteiger charge is -2.47. The standard InChI is InChI=1S/C62H28B4N4O4S/c67-29-33-59-53-57-55-61(33)73-49-27-51-31(25-41(49)65(55)37-15-3-9-21-45(37)69(57)43-19-7-1-13-35(43)63(53)39-17-5-11-23-47(39)71-59)32-26-42-50(28-52(32)75-51)74-62-34(30-68)60-54-58-56(62)66(42)38-16-4-10-22-46(38)70(58)44-20-8-2-14-36(44)64(54)40-18-6-12-24-48(40)72-60/h1-28H. The van der Waals surface area contributed by atoms with Crippen molar-refractivity contribution in [1.82, 2.24) is 0 Å². The molecule has 10 aromatic carbocycles. The maximum absolute atomic E-state index is 11.3. The van der Waals surface area contributed by atoms with Gasteiger partial charge in [-0.3, -0.25) is 0 Å². The van der Waals surface area contributed by atoms with Crippen molar-refractivity contribution in [3.63, 3.8) is 0 Å². The fourth-order valence-electron chi connectivity index (χ4n) is 14.6. The third kappa shape index (κ3) is 4.50. The van der Waals surface area contributed by atoms with Crippen molar-refractivity contribution < 1.29 is 18.9 Å². The quantitative estimate of drug-likeness (QED) is 0.160. The van der Waals surface area contributed by atoms with Gasteiger partial charge in [0.05, 0.1) is 0 Å². The summed E-state index contributed by atoms with van der Waals surface area (Å²) in [6.45, 7) is -0.794. The Morgan fingerprint density at radius 2 is 0.653 bits per heavy atom. The Hall–Kier alpha value is -9.54. The van der Waals surface area contributed by atoms with Crippen LogP contribution in [0.5, 0.6) is 46.0 Å². The lowest BCUT2D eigenvalue weighted by Crippen LogP contribution is -2.67. The van der Waals surface area contributed by atoms with Crippen LogP contribution >= 0.6 is 11.3 Å². The number of hydrogen-bond donors (Lipinski definition) is 0. The van der Waals surface area contributed by atoms with E-state index in [0.717, 1.165) is 132 Å². The molecule has 0 bridgehead atoms. The largest absolute Gasteiger partial charge is 0.457 e. The molecule has 0 amide bonds. The molecule has 0 spiro atoms. The van der Waals surface area contributed by atoms with Crippen molar-refractivity contribution >= 4 is 158 Å². The third-order valence-electron chi connectivity index (χ3n) is 17.4. The van der Waals surface area contributed by atoms with Gasteiger partial charge in [0, 0.05) is 54.3 Å². The molecule has 9 heterocycles. The summed E-state index contributed by atoms with van der Waals surface area (Å²) in [4.78, 5) is 4.78. The van der Waals surface area contributed by atoms with E-state index < -0.39 is 0 Å². The highest BCUT2D eigenvalue weighted by molar-refractivity contribution is 7.26. The summed E-state index contributed by atoms with van der Waals surface area (Å²) in [5, 5.41) is 24.8. The van der Waals surface area contributed by atoms with Gasteiger partial charge in [-0.05, 0) is 114 Å². The number of nitrogens with zero attached hydrogens (tertiary/aromatic N) is 4. The molecule has 19 rings (SSSR count). The van der Waals surface area contributed by atoms with Crippen LogP contribution in [-0.4, -0.2) is 26.9 Å². The smallest absolute Gasteiger partial charge is 0.256 e. The number of fused-ring (bicyclic) bond motifs is 23. The summed E-state index contributed by atoms with van der Waals surface area (Å²) in [5.41, 5.74) is 20.1. The molecule has 8 aliphatic rings. The fraction of sp³-hybridized carbons (Fsp3) is 0. The van der Waals surface area contributed by atoms with Crippen LogP contribution < -0.4 is 94.3 Å². The molecule has 8 aliphatic heterocycles. The van der Waals surface area contributed by atoms with Gasteiger partial charge in [-0.2, -0.15) is 10.5 Å². The number of ether oxygens (including phenoxy) is 4. The van der Waals surface area contributed by atoms with Crippen molar-refractivity contribution in [2.45, 2.75) is 0 Å². The van der Waals surface area contributed by atoms with Gasteiger partial charge in [0.1, 0.15) is 69.3 Å². The van der Waals surface area contributed by atoms with E-state index in [1.165, 1.54) is 10.9 Å². The maximum atomic E-state index is 11.3. The Balaban J connectivity index is 0.858. The Bertz CT molecular complexity index is 4440. The average molecular weight is 968 g/mol. The second-order valence-corrected chi connectivity index (χ2v) is 21.7. The van der Waals surface area contributed by atoms with Crippen LogP contribution in [0.3, 0.4) is 0 Å². The Labute approximate surface area is 434 Å². The molecule has 75 heavy (non-hydrogen) atoms. The summed E-state index contributed by atoms with van der Waals surface area (Å²) >= 11 is 1.69. The molecule has 0 fully saturated rings. The lowest BCUT2D eigenvalue weighted by atomic mass is 9.29. The van der Waals surface area contributed by atoms with Crippen LogP contribution in [0.2, 0.25) is 0 Å². The van der Waals surface area contributed by atoms with Gasteiger partial charge in [0.15, 0.2) is 0 Å². The Morgan fingerprint density at radius 3 is 1.01 bits per heavy atom. The summed E-state index contributed by atoms with van der Waals surface area (Å²) in [6.07, 6.45) is 0. The molecule has 0 saturated carbocycles. The Morgan fingerprint density at radius 1 is 0.347 bits per heavy atom. The monoisotopic (exact) mass is 968 g/mol. The lowest BCUT2D eigenvalue weighted by molar-refractivity contribution is 0.463. The molecule has 0 saturated heterocycles. The number of anilines is 6. The number of rotatable bonds is 0. The van der Waals surface area contributed by atoms with Gasteiger partial charge in [0.2, 0.25) is 0 Å². The number of hydrogen-bond acceptors (Lipinski definition) is 9. The zero-order chi connectivity index (χ0) is 48.7.